The summed E-state index contributed by atoms with van der Waals surface area (Å²) in [5.74, 6) is 3.93. The minimum atomic E-state index is -1.17. The molecule has 0 aliphatic heterocycles. The number of benzene rings is 1. The van der Waals surface area contributed by atoms with E-state index in [9.17, 15) is 18.7 Å². The minimum absolute atomic E-state index is 0.103. The minimum Gasteiger partial charge on any atom is -0.443 e. The zero-order chi connectivity index (χ0) is 22.2. The van der Waals surface area contributed by atoms with Crippen molar-refractivity contribution in [1.82, 2.24) is 15.1 Å². The Morgan fingerprint density at radius 1 is 1.29 bits per heavy atom. The highest BCUT2D eigenvalue weighted by Gasteiger charge is 2.27. The fourth-order valence-electron chi connectivity index (χ4n) is 3.56. The van der Waals surface area contributed by atoms with Crippen LogP contribution < -0.4 is 5.32 Å². The van der Waals surface area contributed by atoms with E-state index in [1.165, 1.54) is 22.9 Å². The topological polar surface area (TPSA) is 80.3 Å². The van der Waals surface area contributed by atoms with Crippen LogP contribution in [0.2, 0.25) is 0 Å². The van der Waals surface area contributed by atoms with Gasteiger partial charge in [0.1, 0.15) is 17.2 Å². The van der Waals surface area contributed by atoms with Crippen LogP contribution in [0.1, 0.15) is 60.3 Å². The molecule has 1 amide bonds. The molecule has 8 heteroatoms. The van der Waals surface area contributed by atoms with Gasteiger partial charge < -0.3 is 14.8 Å². The molecule has 2 heterocycles. The highest BCUT2D eigenvalue weighted by atomic mass is 19.1. The second-order valence-electron chi connectivity index (χ2n) is 7.98. The van der Waals surface area contributed by atoms with Gasteiger partial charge in [-0.05, 0) is 63.3 Å². The van der Waals surface area contributed by atoms with Gasteiger partial charge in [0.05, 0.1) is 17.9 Å². The summed E-state index contributed by atoms with van der Waals surface area (Å²) in [6.07, 6.45) is 3.78. The van der Waals surface area contributed by atoms with Crippen LogP contribution >= 0.6 is 0 Å². The Kier molecular flexibility index (Phi) is 5.38. The first-order chi connectivity index (χ1) is 14.7. The lowest BCUT2D eigenvalue weighted by Gasteiger charge is -2.24. The molecule has 160 valence electrons. The fourth-order valence-corrected chi connectivity index (χ4v) is 3.56. The molecule has 1 aliphatic rings. The normalized spacial score (nSPS) is 15.7. The van der Waals surface area contributed by atoms with Crippen molar-refractivity contribution in [2.45, 2.75) is 44.8 Å². The Balaban J connectivity index is 1.54. The van der Waals surface area contributed by atoms with Gasteiger partial charge in [0.25, 0.3) is 5.91 Å². The molecule has 0 saturated carbocycles. The number of furan rings is 1. The standard InChI is InChI=1S/C23H21F2N3O3/c1-23(2,30)9-8-17-6-7-21(31-17)22(29)27-19-4-3-5-20-18(19)13-26-28(20)16-11-14(24)10-15(25)12-16/h6-7,10-13,19,30H,3-5H2,1-2H3,(H,27,29)/t19-/m1/s1. The van der Waals surface area contributed by atoms with Crippen LogP contribution in [0.5, 0.6) is 0 Å². The van der Waals surface area contributed by atoms with Crippen molar-refractivity contribution in [3.63, 3.8) is 0 Å². The van der Waals surface area contributed by atoms with Gasteiger partial charge in [-0.1, -0.05) is 5.92 Å². The van der Waals surface area contributed by atoms with Crippen molar-refractivity contribution in [1.29, 1.82) is 0 Å². The maximum atomic E-state index is 13.6. The predicted octanol–water partition coefficient (Wildman–Crippen LogP) is 3.67. The molecule has 31 heavy (non-hydrogen) atoms. The number of carbonyl (C=O) groups excluding carboxylic acids is 1. The SMILES string of the molecule is CC(C)(O)C#Cc1ccc(C(=O)N[C@@H]2CCCc3c2cnn3-c2cc(F)cc(F)c2)o1. The van der Waals surface area contributed by atoms with Gasteiger partial charge in [-0.15, -0.1) is 0 Å². The summed E-state index contributed by atoms with van der Waals surface area (Å²) in [4.78, 5) is 12.7. The summed E-state index contributed by atoms with van der Waals surface area (Å²) in [7, 11) is 0. The monoisotopic (exact) mass is 425 g/mol. The van der Waals surface area contributed by atoms with Gasteiger partial charge in [-0.2, -0.15) is 5.10 Å². The molecule has 2 N–H and O–H groups in total. The third-order valence-corrected chi connectivity index (χ3v) is 4.90. The predicted molar refractivity (Wildman–Crippen MR) is 109 cm³/mol. The molecule has 1 aliphatic carbocycles. The lowest BCUT2D eigenvalue weighted by Crippen LogP contribution is -2.30. The summed E-state index contributed by atoms with van der Waals surface area (Å²) < 4.78 is 34.3. The van der Waals surface area contributed by atoms with E-state index in [0.29, 0.717) is 18.5 Å². The van der Waals surface area contributed by atoms with Gasteiger partial charge in [0.15, 0.2) is 11.5 Å². The molecule has 4 rings (SSSR count). The van der Waals surface area contributed by atoms with Gasteiger partial charge in [-0.25, -0.2) is 13.5 Å². The molecule has 3 aromatic rings. The highest BCUT2D eigenvalue weighted by molar-refractivity contribution is 5.91. The van der Waals surface area contributed by atoms with Gasteiger partial charge in [0.2, 0.25) is 0 Å². The van der Waals surface area contributed by atoms with Crippen LogP contribution in [0.15, 0.2) is 40.9 Å². The zero-order valence-electron chi connectivity index (χ0n) is 17.1. The number of fused-ring (bicyclic) bond motifs is 1. The summed E-state index contributed by atoms with van der Waals surface area (Å²) in [6.45, 7) is 3.10. The van der Waals surface area contributed by atoms with Gasteiger partial charge in [0, 0.05) is 17.3 Å². The summed E-state index contributed by atoms with van der Waals surface area (Å²) in [6, 6.07) is 6.03. The Bertz CT molecular complexity index is 1170. The second-order valence-corrected chi connectivity index (χ2v) is 7.98. The van der Waals surface area contributed by atoms with E-state index < -0.39 is 23.1 Å². The average molecular weight is 425 g/mol. The zero-order valence-corrected chi connectivity index (χ0v) is 17.1. The largest absolute Gasteiger partial charge is 0.443 e. The van der Waals surface area contributed by atoms with E-state index in [1.807, 2.05) is 0 Å². The first kappa shape index (κ1) is 20.8. The molecule has 1 atom stereocenters. The molecule has 0 spiro atoms. The maximum Gasteiger partial charge on any atom is 0.287 e. The maximum absolute atomic E-state index is 13.6. The second kappa shape index (κ2) is 8.00. The van der Waals surface area contributed by atoms with Crippen molar-refractivity contribution in [2.75, 3.05) is 0 Å². The Hall–Kier alpha value is -3.44. The number of nitrogens with one attached hydrogen (secondary N) is 1. The van der Waals surface area contributed by atoms with E-state index in [-0.39, 0.29) is 17.6 Å². The average Bonchev–Trinajstić information content (AvgIpc) is 3.33. The molecule has 0 bridgehead atoms. The van der Waals surface area contributed by atoms with E-state index in [4.69, 9.17) is 4.42 Å². The highest BCUT2D eigenvalue weighted by Crippen LogP contribution is 2.31. The number of hydrogen-bond donors (Lipinski definition) is 2. The van der Waals surface area contributed by atoms with E-state index in [0.717, 1.165) is 23.7 Å². The lowest BCUT2D eigenvalue weighted by molar-refractivity contribution is 0.0904. The Labute approximate surface area is 177 Å². The number of halogens is 2. The van der Waals surface area contributed by atoms with Crippen molar-refractivity contribution >= 4 is 5.91 Å². The number of rotatable bonds is 3. The van der Waals surface area contributed by atoms with Crippen molar-refractivity contribution < 1.29 is 23.1 Å². The summed E-state index contributed by atoms with van der Waals surface area (Å²) in [5, 5.41) is 16.9. The van der Waals surface area contributed by atoms with Crippen LogP contribution in [0.4, 0.5) is 8.78 Å². The third-order valence-electron chi connectivity index (χ3n) is 4.90. The van der Waals surface area contributed by atoms with E-state index in [2.05, 4.69) is 22.3 Å². The Morgan fingerprint density at radius 3 is 2.74 bits per heavy atom. The number of aliphatic hydroxyl groups is 1. The molecule has 6 nitrogen and oxygen atoms in total. The van der Waals surface area contributed by atoms with Crippen molar-refractivity contribution in [3.8, 4) is 17.5 Å². The van der Waals surface area contributed by atoms with Crippen molar-refractivity contribution in [3.05, 3.63) is 70.9 Å². The first-order valence-corrected chi connectivity index (χ1v) is 9.89. The quantitative estimate of drug-likeness (QED) is 0.628. The third kappa shape index (κ3) is 4.67. The smallest absolute Gasteiger partial charge is 0.287 e. The molecular formula is C23H21F2N3O3. The fraction of sp³-hybridized carbons (Fsp3) is 0.304. The molecule has 2 aromatic heterocycles. The van der Waals surface area contributed by atoms with Crippen molar-refractivity contribution in [2.24, 2.45) is 0 Å². The number of nitrogens with zero attached hydrogens (tertiary/aromatic N) is 2. The van der Waals surface area contributed by atoms with Crippen LogP contribution in [0.3, 0.4) is 0 Å². The molecule has 0 radical (unpaired) electrons. The van der Waals surface area contributed by atoms with E-state index in [1.54, 1.807) is 26.1 Å². The number of aromatic nitrogens is 2. The number of amides is 1. The van der Waals surface area contributed by atoms with E-state index >= 15 is 0 Å². The summed E-state index contributed by atoms with van der Waals surface area (Å²) in [5.41, 5.74) is 0.737. The lowest BCUT2D eigenvalue weighted by atomic mass is 9.92. The molecule has 0 saturated heterocycles. The number of hydrogen-bond acceptors (Lipinski definition) is 4. The molecule has 0 fully saturated rings. The molecular weight excluding hydrogens is 404 g/mol. The summed E-state index contributed by atoms with van der Waals surface area (Å²) >= 11 is 0. The van der Waals surface area contributed by atoms with Crippen LogP contribution in [0.25, 0.3) is 5.69 Å². The van der Waals surface area contributed by atoms with Crippen LogP contribution in [0, 0.1) is 23.5 Å². The van der Waals surface area contributed by atoms with Gasteiger partial charge >= 0.3 is 0 Å². The Morgan fingerprint density at radius 2 is 2.03 bits per heavy atom. The molecule has 1 aromatic carbocycles. The molecule has 0 unspecified atom stereocenters. The number of carbonyl (C=O) groups is 1. The van der Waals surface area contributed by atoms with Crippen LogP contribution in [-0.4, -0.2) is 26.4 Å². The van der Waals surface area contributed by atoms with Crippen LogP contribution in [-0.2, 0) is 6.42 Å². The first-order valence-electron chi connectivity index (χ1n) is 9.89. The van der Waals surface area contributed by atoms with Gasteiger partial charge in [-0.3, -0.25) is 4.79 Å².